The lowest BCUT2D eigenvalue weighted by Gasteiger charge is -2.09. The summed E-state index contributed by atoms with van der Waals surface area (Å²) in [6.07, 6.45) is 1.82. The third kappa shape index (κ3) is 12.9. The van der Waals surface area contributed by atoms with E-state index in [1.165, 1.54) is 21.5 Å². The lowest BCUT2D eigenvalue weighted by molar-refractivity contribution is 1.31. The molecule has 0 aliphatic rings. The zero-order valence-corrected chi connectivity index (χ0v) is 52.3. The van der Waals surface area contributed by atoms with Crippen LogP contribution in [0.1, 0.15) is 0 Å². The lowest BCUT2D eigenvalue weighted by Crippen LogP contribution is -1.87. The van der Waals surface area contributed by atoms with Crippen molar-refractivity contribution in [1.29, 1.82) is 0 Å². The van der Waals surface area contributed by atoms with E-state index < -0.39 is 0 Å². The second kappa shape index (κ2) is 27.8. The number of imidazole rings is 4. The summed E-state index contributed by atoms with van der Waals surface area (Å²) in [7, 11) is 0. The van der Waals surface area contributed by atoms with Crippen molar-refractivity contribution in [3.05, 3.63) is 358 Å². The summed E-state index contributed by atoms with van der Waals surface area (Å²) in [6.45, 7) is 0. The van der Waals surface area contributed by atoms with Crippen molar-refractivity contribution in [3.63, 3.8) is 0 Å². The Morgan fingerprint density at radius 2 is 0.583 bits per heavy atom. The van der Waals surface area contributed by atoms with E-state index in [2.05, 4.69) is 218 Å². The van der Waals surface area contributed by atoms with Crippen LogP contribution in [0.2, 0.25) is 0 Å². The van der Waals surface area contributed by atoms with Crippen molar-refractivity contribution in [3.8, 4) is 113 Å². The lowest BCUT2D eigenvalue weighted by atomic mass is 9.96. The number of hydrogen-bond acceptors (Lipinski definition) is 5. The van der Waals surface area contributed by atoms with Crippen LogP contribution >= 0.6 is 0 Å². The minimum absolute atomic E-state index is 0.860. The molecule has 0 bridgehead atoms. The fraction of sp³-hybridized carbons (Fsp3) is 0. The van der Waals surface area contributed by atoms with Crippen molar-refractivity contribution < 1.29 is 0 Å². The average molecular weight is 1230 g/mol. The number of benzene rings is 13. The molecule has 0 atom stereocenters. The zero-order valence-electron chi connectivity index (χ0n) is 52.3. The third-order valence-electron chi connectivity index (χ3n) is 16.8. The molecule has 0 aliphatic carbocycles. The van der Waals surface area contributed by atoms with Crippen LogP contribution in [-0.4, -0.2) is 44.9 Å². The van der Waals surface area contributed by atoms with Crippen LogP contribution < -0.4 is 0 Å². The molecule has 0 spiro atoms. The molecule has 0 fully saturated rings. The Morgan fingerprint density at radius 1 is 0.208 bits per heavy atom. The van der Waals surface area contributed by atoms with Crippen LogP contribution in [0.3, 0.4) is 0 Å². The molecule has 5 aromatic heterocycles. The maximum absolute atomic E-state index is 5.13. The van der Waals surface area contributed by atoms with Gasteiger partial charge in [-0.1, -0.05) is 315 Å². The molecule has 0 amide bonds. The van der Waals surface area contributed by atoms with Gasteiger partial charge >= 0.3 is 0 Å². The molecular weight excluding hydrogens is 1170 g/mol. The fourth-order valence-corrected chi connectivity index (χ4v) is 12.1. The predicted molar refractivity (Wildman–Crippen MR) is 397 cm³/mol. The second-order valence-corrected chi connectivity index (χ2v) is 23.1. The number of para-hydroxylation sites is 2. The highest BCUT2D eigenvalue weighted by Crippen LogP contribution is 2.40. The molecule has 18 rings (SSSR count). The highest BCUT2D eigenvalue weighted by atomic mass is 15.0. The minimum atomic E-state index is 0.860. The molecule has 0 saturated heterocycles. The molecule has 96 heavy (non-hydrogen) atoms. The van der Waals surface area contributed by atoms with Gasteiger partial charge in [-0.15, -0.1) is 0 Å². The molecule has 456 valence electrons. The molecule has 0 unspecified atom stereocenters. The molecule has 18 aromatic rings. The monoisotopic (exact) mass is 1230 g/mol. The standard InChI is InChI=1S/C29H20N2.C24H17N3.C21H16N2.C13H10N2/c1-2-12-22(13-3-1)29-30-27(25-18-8-14-20-10-4-6-16-23(20)25)28(31-29)26-19-9-15-21-11-5-7-17-24(21)26;1-3-8-17(9-4-1)22-23(18-10-5-2-6-11-18)27-24(26-22)20-13-14-21-19(16-20)12-7-15-25-21;1-4-10-16(11-5-1)19-20(17-12-6-2-7-13-17)23-21(22-19)18-14-8-3-9-15-18;1-2-6-10(7-3-1)13-14-11-8-4-5-9-12(11)15-13/h1-19H,(H,30,31);1-16H,(H,26,27);1-15H,(H,22,23);1-9H,(H,14,15). The van der Waals surface area contributed by atoms with Gasteiger partial charge in [-0.3, -0.25) is 4.98 Å². The topological polar surface area (TPSA) is 128 Å². The Morgan fingerprint density at radius 3 is 1.09 bits per heavy atom. The van der Waals surface area contributed by atoms with E-state index in [0.717, 1.165) is 135 Å². The SMILES string of the molecule is c1ccc(-c2nc(-c3ccc4ncccc4c3)[nH]c2-c2ccccc2)cc1.c1ccc(-c2nc(-c3cccc4ccccc34)c(-c3cccc4ccccc34)[nH]2)cc1.c1ccc(-c2nc(-c3ccccc3)c(-c3ccccc3)[nH]2)cc1.c1ccc(-c2nc3ccccc3[nH]2)cc1. The van der Waals surface area contributed by atoms with E-state index in [9.17, 15) is 0 Å². The number of rotatable bonds is 10. The maximum Gasteiger partial charge on any atom is 0.138 e. The number of H-pyrrole nitrogens is 4. The number of pyridine rings is 1. The highest BCUT2D eigenvalue weighted by Gasteiger charge is 2.20. The number of nitrogens with zero attached hydrogens (tertiary/aromatic N) is 5. The normalized spacial score (nSPS) is 10.9. The van der Waals surface area contributed by atoms with Crippen LogP contribution in [0, 0.1) is 0 Å². The van der Waals surface area contributed by atoms with Crippen LogP contribution in [-0.2, 0) is 0 Å². The zero-order chi connectivity index (χ0) is 64.2. The van der Waals surface area contributed by atoms with Gasteiger partial charge in [0.25, 0.3) is 0 Å². The Kier molecular flexibility index (Phi) is 17.1. The highest BCUT2D eigenvalue weighted by molar-refractivity contribution is 6.04. The largest absolute Gasteiger partial charge is 0.338 e. The first kappa shape index (κ1) is 59.2. The summed E-state index contributed by atoms with van der Waals surface area (Å²) in [4.78, 5) is 37.9. The van der Waals surface area contributed by atoms with Gasteiger partial charge in [-0.25, -0.2) is 19.9 Å². The van der Waals surface area contributed by atoms with Crippen molar-refractivity contribution >= 4 is 43.5 Å². The summed E-state index contributed by atoms with van der Waals surface area (Å²) in [5.74, 6) is 3.56. The minimum Gasteiger partial charge on any atom is -0.338 e. The van der Waals surface area contributed by atoms with Gasteiger partial charge in [0.15, 0.2) is 0 Å². The Labute approximate surface area is 556 Å². The molecule has 0 radical (unpaired) electrons. The van der Waals surface area contributed by atoms with Crippen molar-refractivity contribution in [2.45, 2.75) is 0 Å². The second-order valence-electron chi connectivity index (χ2n) is 23.1. The summed E-state index contributed by atoms with van der Waals surface area (Å²) < 4.78 is 0. The van der Waals surface area contributed by atoms with E-state index in [0.29, 0.717) is 0 Å². The number of aromatic nitrogens is 9. The van der Waals surface area contributed by atoms with Gasteiger partial charge < -0.3 is 19.9 Å². The van der Waals surface area contributed by atoms with E-state index in [1.807, 2.05) is 170 Å². The number of nitrogens with one attached hydrogen (secondary N) is 4. The quantitative estimate of drug-likeness (QED) is 0.108. The maximum atomic E-state index is 5.13. The van der Waals surface area contributed by atoms with Crippen molar-refractivity contribution in [1.82, 2.24) is 44.9 Å². The van der Waals surface area contributed by atoms with Crippen molar-refractivity contribution in [2.24, 2.45) is 0 Å². The summed E-state index contributed by atoms with van der Waals surface area (Å²) in [5, 5.41) is 5.97. The third-order valence-corrected chi connectivity index (χ3v) is 16.8. The molecule has 5 heterocycles. The van der Waals surface area contributed by atoms with Gasteiger partial charge in [0.2, 0.25) is 0 Å². The molecule has 9 heteroatoms. The number of hydrogen-bond donors (Lipinski definition) is 4. The Bertz CT molecular complexity index is 5320. The first-order valence-corrected chi connectivity index (χ1v) is 32.1. The van der Waals surface area contributed by atoms with Crippen LogP contribution in [0.15, 0.2) is 358 Å². The van der Waals surface area contributed by atoms with E-state index in [-0.39, 0.29) is 0 Å². The van der Waals surface area contributed by atoms with Gasteiger partial charge in [0.1, 0.15) is 23.3 Å². The summed E-state index contributed by atoms with van der Waals surface area (Å²) >= 11 is 0. The van der Waals surface area contributed by atoms with Crippen molar-refractivity contribution in [2.75, 3.05) is 0 Å². The molecule has 0 aliphatic heterocycles. The van der Waals surface area contributed by atoms with E-state index >= 15 is 0 Å². The number of aromatic amines is 4. The first-order chi connectivity index (χ1) is 47.6. The number of fused-ring (bicyclic) bond motifs is 4. The van der Waals surface area contributed by atoms with Gasteiger partial charge in [-0.05, 0) is 57.9 Å². The molecular formula is C87H63N9. The molecule has 0 saturated carbocycles. The molecule has 13 aromatic carbocycles. The smallest absolute Gasteiger partial charge is 0.138 e. The summed E-state index contributed by atoms with van der Waals surface area (Å²) in [6, 6.07) is 120. The Hall–Kier alpha value is -13.1. The van der Waals surface area contributed by atoms with E-state index in [4.69, 9.17) is 15.0 Å². The van der Waals surface area contributed by atoms with Crippen LogP contribution in [0.25, 0.3) is 157 Å². The van der Waals surface area contributed by atoms with Gasteiger partial charge in [-0.2, -0.15) is 0 Å². The predicted octanol–water partition coefficient (Wildman–Crippen LogP) is 22.3. The average Bonchev–Trinajstić information content (AvgIpc) is 1.60. The Balaban J connectivity index is 0.000000108. The fourth-order valence-electron chi connectivity index (χ4n) is 12.1. The first-order valence-electron chi connectivity index (χ1n) is 32.1. The van der Waals surface area contributed by atoms with Gasteiger partial charge in [0, 0.05) is 67.2 Å². The van der Waals surface area contributed by atoms with E-state index in [1.54, 1.807) is 0 Å². The van der Waals surface area contributed by atoms with Crippen LogP contribution in [0.4, 0.5) is 0 Å². The van der Waals surface area contributed by atoms with Crippen LogP contribution in [0.5, 0.6) is 0 Å². The molecule has 4 N–H and O–H groups in total. The van der Waals surface area contributed by atoms with Gasteiger partial charge in [0.05, 0.1) is 50.7 Å². The molecule has 9 nitrogen and oxygen atoms in total. The summed E-state index contributed by atoms with van der Waals surface area (Å²) in [5.41, 5.74) is 20.2.